The standard InChI is InChI=1S/C11H16N4OS/c1-14-9(2-5-13-14)11(16)15-6-3-8(4-7-15)10(12)17/h2,5,8H,3-4,6-7H2,1H3,(H2,12,17). The SMILES string of the molecule is Cn1nccc1C(=O)N1CCC(C(N)=S)CC1. The summed E-state index contributed by atoms with van der Waals surface area (Å²) in [5.41, 5.74) is 6.25. The van der Waals surface area contributed by atoms with Gasteiger partial charge in [-0.25, -0.2) is 0 Å². The summed E-state index contributed by atoms with van der Waals surface area (Å²) in [6.07, 6.45) is 3.35. The van der Waals surface area contributed by atoms with Crippen molar-refractivity contribution in [2.24, 2.45) is 18.7 Å². The molecule has 2 rings (SSSR count). The normalized spacial score (nSPS) is 17.1. The molecule has 1 fully saturated rings. The molecule has 0 saturated carbocycles. The maximum absolute atomic E-state index is 12.2. The van der Waals surface area contributed by atoms with Crippen LogP contribution in [0.15, 0.2) is 12.3 Å². The van der Waals surface area contributed by atoms with Gasteiger partial charge in [-0.05, 0) is 18.9 Å². The summed E-state index contributed by atoms with van der Waals surface area (Å²) in [4.78, 5) is 14.6. The number of piperidine rings is 1. The lowest BCUT2D eigenvalue weighted by Crippen LogP contribution is -2.41. The number of nitrogens with zero attached hydrogens (tertiary/aromatic N) is 3. The van der Waals surface area contributed by atoms with Crippen molar-refractivity contribution in [3.63, 3.8) is 0 Å². The second kappa shape index (κ2) is 4.83. The topological polar surface area (TPSA) is 64.2 Å². The van der Waals surface area contributed by atoms with Gasteiger partial charge in [0.15, 0.2) is 0 Å². The summed E-state index contributed by atoms with van der Waals surface area (Å²) < 4.78 is 1.60. The molecule has 1 aromatic heterocycles. The monoisotopic (exact) mass is 252 g/mol. The van der Waals surface area contributed by atoms with Gasteiger partial charge >= 0.3 is 0 Å². The zero-order chi connectivity index (χ0) is 12.4. The fraction of sp³-hybridized carbons (Fsp3) is 0.545. The maximum Gasteiger partial charge on any atom is 0.272 e. The van der Waals surface area contributed by atoms with E-state index < -0.39 is 0 Å². The van der Waals surface area contributed by atoms with Crippen LogP contribution in [0.5, 0.6) is 0 Å². The minimum Gasteiger partial charge on any atom is -0.393 e. The Hall–Kier alpha value is -1.43. The smallest absolute Gasteiger partial charge is 0.272 e. The second-order valence-electron chi connectivity index (χ2n) is 4.31. The number of hydrogen-bond donors (Lipinski definition) is 1. The molecule has 1 aliphatic heterocycles. The predicted octanol–water partition coefficient (Wildman–Crippen LogP) is 0.558. The molecular formula is C11H16N4OS. The van der Waals surface area contributed by atoms with Crippen LogP contribution in [0.4, 0.5) is 0 Å². The minimum absolute atomic E-state index is 0.0337. The summed E-state index contributed by atoms with van der Waals surface area (Å²) in [5, 5.41) is 4.00. The molecule has 1 aliphatic rings. The molecule has 1 amide bonds. The van der Waals surface area contributed by atoms with Crippen LogP contribution in [0.25, 0.3) is 0 Å². The quantitative estimate of drug-likeness (QED) is 0.781. The van der Waals surface area contributed by atoms with E-state index in [0.717, 1.165) is 12.8 Å². The van der Waals surface area contributed by atoms with Gasteiger partial charge < -0.3 is 10.6 Å². The van der Waals surface area contributed by atoms with Crippen LogP contribution in [0, 0.1) is 5.92 Å². The number of rotatable bonds is 2. The van der Waals surface area contributed by atoms with Crippen molar-refractivity contribution < 1.29 is 4.79 Å². The third-order valence-corrected chi connectivity index (χ3v) is 3.56. The lowest BCUT2D eigenvalue weighted by atomic mass is 9.97. The van der Waals surface area contributed by atoms with E-state index in [-0.39, 0.29) is 11.8 Å². The number of thiocarbonyl (C=S) groups is 1. The summed E-state index contributed by atoms with van der Waals surface area (Å²) in [6.45, 7) is 1.43. The van der Waals surface area contributed by atoms with Gasteiger partial charge in [0.25, 0.3) is 5.91 Å². The lowest BCUT2D eigenvalue weighted by Gasteiger charge is -2.31. The number of aromatic nitrogens is 2. The number of likely N-dealkylation sites (tertiary alicyclic amines) is 1. The van der Waals surface area contributed by atoms with Gasteiger partial charge in [0, 0.05) is 32.3 Å². The van der Waals surface area contributed by atoms with Gasteiger partial charge in [0.05, 0.1) is 4.99 Å². The number of nitrogens with two attached hydrogens (primary N) is 1. The number of hydrogen-bond acceptors (Lipinski definition) is 3. The number of carbonyl (C=O) groups is 1. The van der Waals surface area contributed by atoms with Gasteiger partial charge in [-0.1, -0.05) is 12.2 Å². The molecule has 1 saturated heterocycles. The summed E-state index contributed by atoms with van der Waals surface area (Å²) in [7, 11) is 1.77. The van der Waals surface area contributed by atoms with Crippen LogP contribution in [0.1, 0.15) is 23.3 Å². The van der Waals surface area contributed by atoms with Crippen LogP contribution >= 0.6 is 12.2 Å². The molecule has 0 aliphatic carbocycles. The molecule has 6 heteroatoms. The largest absolute Gasteiger partial charge is 0.393 e. The summed E-state index contributed by atoms with van der Waals surface area (Å²) >= 11 is 4.98. The molecule has 0 radical (unpaired) electrons. The third kappa shape index (κ3) is 2.46. The summed E-state index contributed by atoms with van der Waals surface area (Å²) in [5.74, 6) is 0.312. The van der Waals surface area contributed by atoms with E-state index in [4.69, 9.17) is 18.0 Å². The van der Waals surface area contributed by atoms with Gasteiger partial charge in [-0.15, -0.1) is 0 Å². The van der Waals surface area contributed by atoms with Gasteiger partial charge in [0.2, 0.25) is 0 Å². The van der Waals surface area contributed by atoms with Crippen molar-refractivity contribution in [3.8, 4) is 0 Å². The summed E-state index contributed by atoms with van der Waals surface area (Å²) in [6, 6.07) is 1.74. The highest BCUT2D eigenvalue weighted by atomic mass is 32.1. The average molecular weight is 252 g/mol. The van der Waals surface area contributed by atoms with Crippen molar-refractivity contribution in [1.29, 1.82) is 0 Å². The molecule has 0 bridgehead atoms. The average Bonchev–Trinajstić information content (AvgIpc) is 2.74. The Bertz CT molecular complexity index is 434. The Morgan fingerprint density at radius 2 is 2.18 bits per heavy atom. The first-order valence-corrected chi connectivity index (χ1v) is 6.07. The predicted molar refractivity (Wildman–Crippen MR) is 68.6 cm³/mol. The minimum atomic E-state index is 0.0337. The van der Waals surface area contributed by atoms with E-state index >= 15 is 0 Å². The first-order valence-electron chi connectivity index (χ1n) is 5.66. The fourth-order valence-electron chi connectivity index (χ4n) is 2.11. The van der Waals surface area contributed by atoms with Crippen molar-refractivity contribution >= 4 is 23.1 Å². The van der Waals surface area contributed by atoms with Crippen LogP contribution in [0.3, 0.4) is 0 Å². The molecule has 0 aromatic carbocycles. The molecule has 17 heavy (non-hydrogen) atoms. The first kappa shape index (κ1) is 12.0. The third-order valence-electron chi connectivity index (χ3n) is 3.22. The van der Waals surface area contributed by atoms with Crippen molar-refractivity contribution in [2.75, 3.05) is 13.1 Å². The molecule has 0 spiro atoms. The lowest BCUT2D eigenvalue weighted by molar-refractivity contribution is 0.0699. The molecule has 0 unspecified atom stereocenters. The highest BCUT2D eigenvalue weighted by Crippen LogP contribution is 2.19. The molecule has 2 N–H and O–H groups in total. The molecule has 2 heterocycles. The van der Waals surface area contributed by atoms with Crippen LogP contribution in [-0.2, 0) is 7.05 Å². The van der Waals surface area contributed by atoms with E-state index in [2.05, 4.69) is 5.10 Å². The maximum atomic E-state index is 12.2. The zero-order valence-corrected chi connectivity index (χ0v) is 10.6. The van der Waals surface area contributed by atoms with Crippen LogP contribution < -0.4 is 5.73 Å². The van der Waals surface area contributed by atoms with Crippen molar-refractivity contribution in [1.82, 2.24) is 14.7 Å². The van der Waals surface area contributed by atoms with E-state index in [1.165, 1.54) is 0 Å². The zero-order valence-electron chi connectivity index (χ0n) is 9.80. The van der Waals surface area contributed by atoms with E-state index in [9.17, 15) is 4.79 Å². The van der Waals surface area contributed by atoms with E-state index in [1.54, 1.807) is 24.0 Å². The van der Waals surface area contributed by atoms with Gasteiger partial charge in [-0.2, -0.15) is 5.10 Å². The Morgan fingerprint density at radius 1 is 1.53 bits per heavy atom. The van der Waals surface area contributed by atoms with Crippen LogP contribution in [-0.4, -0.2) is 38.7 Å². The van der Waals surface area contributed by atoms with Crippen molar-refractivity contribution in [3.05, 3.63) is 18.0 Å². The second-order valence-corrected chi connectivity index (χ2v) is 4.78. The number of carbonyl (C=O) groups excluding carboxylic acids is 1. The van der Waals surface area contributed by atoms with Gasteiger partial charge in [-0.3, -0.25) is 9.48 Å². The molecular weight excluding hydrogens is 236 g/mol. The fourth-order valence-corrected chi connectivity index (χ4v) is 2.35. The van der Waals surface area contributed by atoms with Crippen molar-refractivity contribution in [2.45, 2.75) is 12.8 Å². The van der Waals surface area contributed by atoms with E-state index in [1.807, 2.05) is 4.90 Å². The number of amides is 1. The highest BCUT2D eigenvalue weighted by molar-refractivity contribution is 7.80. The Morgan fingerprint density at radius 3 is 2.65 bits per heavy atom. The molecule has 0 atom stereocenters. The number of aryl methyl sites for hydroxylation is 1. The Kier molecular flexibility index (Phi) is 3.42. The molecule has 5 nitrogen and oxygen atoms in total. The van der Waals surface area contributed by atoms with Crippen LogP contribution in [0.2, 0.25) is 0 Å². The Balaban J connectivity index is 2.00. The Labute approximate surface area is 106 Å². The highest BCUT2D eigenvalue weighted by Gasteiger charge is 2.25. The first-order chi connectivity index (χ1) is 8.09. The van der Waals surface area contributed by atoms with Gasteiger partial charge in [0.1, 0.15) is 5.69 Å². The molecule has 92 valence electrons. The molecule has 1 aromatic rings. The van der Waals surface area contributed by atoms with E-state index in [0.29, 0.717) is 23.8 Å².